The lowest BCUT2D eigenvalue weighted by molar-refractivity contribution is -0.152. The van der Waals surface area contributed by atoms with Crippen LogP contribution in [0.4, 0.5) is 5.00 Å². The van der Waals surface area contributed by atoms with E-state index >= 15 is 0 Å². The first-order valence-electron chi connectivity index (χ1n) is 8.08. The van der Waals surface area contributed by atoms with Crippen molar-refractivity contribution in [3.05, 3.63) is 46.3 Å². The fourth-order valence-electron chi connectivity index (χ4n) is 2.07. The highest BCUT2D eigenvalue weighted by Crippen LogP contribution is 2.23. The summed E-state index contributed by atoms with van der Waals surface area (Å²) in [6.07, 6.45) is -0.694. The molecule has 5 nitrogen and oxygen atoms in total. The standard InChI is InChI=1S/C19H20N2O3S2/c1-12-4-5-16(10-13(12)2)25-9-7-17(22)24-14(3)18(23)21-19-15(11-20)6-8-26-19/h4-6,8,10,14H,7,9H2,1-3H3,(H,21,23)/t14-/m1/s1. The molecule has 1 amide bonds. The van der Waals surface area contributed by atoms with Crippen molar-refractivity contribution in [2.24, 2.45) is 0 Å². The normalized spacial score (nSPS) is 11.5. The van der Waals surface area contributed by atoms with Crippen LogP contribution in [0.1, 0.15) is 30.0 Å². The number of thioether (sulfide) groups is 1. The molecule has 0 radical (unpaired) electrons. The Labute approximate surface area is 161 Å². The number of thiophene rings is 1. The molecule has 2 aromatic rings. The number of anilines is 1. The Balaban J connectivity index is 1.76. The van der Waals surface area contributed by atoms with Gasteiger partial charge in [-0.2, -0.15) is 5.26 Å². The highest BCUT2D eigenvalue weighted by molar-refractivity contribution is 7.99. The topological polar surface area (TPSA) is 79.2 Å². The van der Waals surface area contributed by atoms with E-state index in [1.165, 1.54) is 29.4 Å². The van der Waals surface area contributed by atoms with Crippen molar-refractivity contribution in [1.29, 1.82) is 5.26 Å². The number of esters is 1. The number of nitrogens with zero attached hydrogens (tertiary/aromatic N) is 1. The van der Waals surface area contributed by atoms with Gasteiger partial charge < -0.3 is 10.1 Å². The number of carbonyl (C=O) groups excluding carboxylic acids is 2. The van der Waals surface area contributed by atoms with Crippen molar-refractivity contribution in [1.82, 2.24) is 0 Å². The smallest absolute Gasteiger partial charge is 0.307 e. The fraction of sp³-hybridized carbons (Fsp3) is 0.316. The maximum Gasteiger partial charge on any atom is 0.307 e. The molecule has 0 saturated carbocycles. The van der Waals surface area contributed by atoms with Gasteiger partial charge in [0, 0.05) is 10.6 Å². The number of carbonyl (C=O) groups is 2. The summed E-state index contributed by atoms with van der Waals surface area (Å²) in [5.74, 6) is -0.283. The molecule has 0 fully saturated rings. The van der Waals surface area contributed by atoms with E-state index in [1.807, 2.05) is 12.1 Å². The molecule has 2 rings (SSSR count). The van der Waals surface area contributed by atoms with Gasteiger partial charge in [0.25, 0.3) is 5.91 Å². The van der Waals surface area contributed by atoms with Gasteiger partial charge >= 0.3 is 5.97 Å². The summed E-state index contributed by atoms with van der Waals surface area (Å²) >= 11 is 2.83. The van der Waals surface area contributed by atoms with Gasteiger partial charge in [-0.25, -0.2) is 0 Å². The van der Waals surface area contributed by atoms with Crippen LogP contribution in [0.15, 0.2) is 34.5 Å². The van der Waals surface area contributed by atoms with Gasteiger partial charge in [-0.1, -0.05) is 6.07 Å². The molecule has 0 aliphatic rings. The third-order valence-electron chi connectivity index (χ3n) is 3.75. The third kappa shape index (κ3) is 5.61. The number of amides is 1. The third-order valence-corrected chi connectivity index (χ3v) is 5.58. The van der Waals surface area contributed by atoms with E-state index in [0.29, 0.717) is 16.3 Å². The Hall–Kier alpha value is -2.30. The monoisotopic (exact) mass is 388 g/mol. The maximum absolute atomic E-state index is 12.1. The van der Waals surface area contributed by atoms with Crippen molar-refractivity contribution in [3.63, 3.8) is 0 Å². The highest BCUT2D eigenvalue weighted by Gasteiger charge is 2.19. The van der Waals surface area contributed by atoms with Crippen LogP contribution in [0.3, 0.4) is 0 Å². The average Bonchev–Trinajstić information content (AvgIpc) is 3.05. The minimum absolute atomic E-state index is 0.220. The van der Waals surface area contributed by atoms with Gasteiger partial charge in [-0.15, -0.1) is 23.1 Å². The zero-order valence-electron chi connectivity index (χ0n) is 14.9. The van der Waals surface area contributed by atoms with Crippen molar-refractivity contribution in [2.75, 3.05) is 11.1 Å². The number of hydrogen-bond donors (Lipinski definition) is 1. The van der Waals surface area contributed by atoms with E-state index in [4.69, 9.17) is 10.00 Å². The van der Waals surface area contributed by atoms with Gasteiger partial charge in [-0.05, 0) is 55.5 Å². The molecule has 0 unspecified atom stereocenters. The first kappa shape index (κ1) is 20.0. The first-order valence-corrected chi connectivity index (χ1v) is 9.95. The van der Waals surface area contributed by atoms with Crippen LogP contribution < -0.4 is 5.32 Å². The van der Waals surface area contributed by atoms with Crippen LogP contribution in [0, 0.1) is 25.2 Å². The predicted molar refractivity (Wildman–Crippen MR) is 104 cm³/mol. The quantitative estimate of drug-likeness (QED) is 0.565. The molecule has 0 bridgehead atoms. The summed E-state index contributed by atoms with van der Waals surface area (Å²) in [5, 5.41) is 13.7. The average molecular weight is 389 g/mol. The van der Waals surface area contributed by atoms with Crippen LogP contribution >= 0.6 is 23.1 Å². The Morgan fingerprint density at radius 3 is 2.77 bits per heavy atom. The van der Waals surface area contributed by atoms with Crippen molar-refractivity contribution < 1.29 is 14.3 Å². The minimum atomic E-state index is -0.914. The van der Waals surface area contributed by atoms with Gasteiger partial charge in [0.1, 0.15) is 11.1 Å². The molecule has 7 heteroatoms. The minimum Gasteiger partial charge on any atom is -0.453 e. The first-order chi connectivity index (χ1) is 12.4. The van der Waals surface area contributed by atoms with E-state index < -0.39 is 18.0 Å². The zero-order valence-corrected chi connectivity index (χ0v) is 16.5. The summed E-state index contributed by atoms with van der Waals surface area (Å²) in [7, 11) is 0. The molecule has 1 N–H and O–H groups in total. The molecule has 0 saturated heterocycles. The summed E-state index contributed by atoms with van der Waals surface area (Å²) in [4.78, 5) is 25.1. The van der Waals surface area contributed by atoms with Gasteiger partial charge in [0.2, 0.25) is 0 Å². The fourth-order valence-corrected chi connectivity index (χ4v) is 3.74. The molecule has 1 heterocycles. The van der Waals surface area contributed by atoms with Crippen LogP contribution in [0.2, 0.25) is 0 Å². The number of rotatable bonds is 7. The number of hydrogen-bond acceptors (Lipinski definition) is 6. The Morgan fingerprint density at radius 1 is 1.31 bits per heavy atom. The molecule has 136 valence electrons. The summed E-state index contributed by atoms with van der Waals surface area (Å²) < 4.78 is 5.17. The number of nitriles is 1. The molecule has 1 atom stereocenters. The van der Waals surface area contributed by atoms with E-state index in [2.05, 4.69) is 31.3 Å². The van der Waals surface area contributed by atoms with Gasteiger partial charge in [0.05, 0.1) is 12.0 Å². The highest BCUT2D eigenvalue weighted by atomic mass is 32.2. The lowest BCUT2D eigenvalue weighted by atomic mass is 10.1. The van der Waals surface area contributed by atoms with Gasteiger partial charge in [-0.3, -0.25) is 9.59 Å². The van der Waals surface area contributed by atoms with Crippen molar-refractivity contribution in [2.45, 2.75) is 38.2 Å². The second-order valence-electron chi connectivity index (χ2n) is 5.74. The molecule has 0 spiro atoms. The second kappa shape index (κ2) is 9.41. The zero-order chi connectivity index (χ0) is 19.1. The van der Waals surface area contributed by atoms with Crippen LogP contribution in [0.25, 0.3) is 0 Å². The van der Waals surface area contributed by atoms with Gasteiger partial charge in [0.15, 0.2) is 6.10 Å². The molecule has 1 aromatic carbocycles. The lowest BCUT2D eigenvalue weighted by Crippen LogP contribution is -2.30. The Morgan fingerprint density at radius 2 is 2.08 bits per heavy atom. The molecular weight excluding hydrogens is 368 g/mol. The molecule has 0 aliphatic heterocycles. The van der Waals surface area contributed by atoms with Crippen LogP contribution in [-0.2, 0) is 14.3 Å². The SMILES string of the molecule is Cc1ccc(SCCC(=O)O[C@H](C)C(=O)Nc2sccc2C#N)cc1C. The predicted octanol–water partition coefficient (Wildman–Crippen LogP) is 4.29. The van der Waals surface area contributed by atoms with Crippen LogP contribution in [-0.4, -0.2) is 23.7 Å². The number of nitrogens with one attached hydrogen (secondary N) is 1. The van der Waals surface area contributed by atoms with E-state index in [0.717, 1.165) is 4.90 Å². The second-order valence-corrected chi connectivity index (χ2v) is 7.83. The largest absolute Gasteiger partial charge is 0.453 e. The summed E-state index contributed by atoms with van der Waals surface area (Å²) in [6, 6.07) is 9.80. The molecular formula is C19H20N2O3S2. The number of ether oxygens (including phenoxy) is 1. The summed E-state index contributed by atoms with van der Waals surface area (Å²) in [6.45, 7) is 5.63. The molecule has 0 aliphatic carbocycles. The van der Waals surface area contributed by atoms with Crippen LogP contribution in [0.5, 0.6) is 0 Å². The number of aryl methyl sites for hydroxylation is 2. The van der Waals surface area contributed by atoms with Crippen molar-refractivity contribution in [3.8, 4) is 6.07 Å². The number of benzene rings is 1. The molecule has 26 heavy (non-hydrogen) atoms. The van der Waals surface area contributed by atoms with E-state index in [9.17, 15) is 9.59 Å². The maximum atomic E-state index is 12.1. The lowest BCUT2D eigenvalue weighted by Gasteiger charge is -2.13. The molecule has 1 aromatic heterocycles. The van der Waals surface area contributed by atoms with E-state index in [-0.39, 0.29) is 6.42 Å². The Kier molecular flexibility index (Phi) is 7.25. The van der Waals surface area contributed by atoms with Crippen molar-refractivity contribution >= 4 is 40.0 Å². The van der Waals surface area contributed by atoms with E-state index in [1.54, 1.807) is 23.2 Å². The Bertz CT molecular complexity index is 840. The summed E-state index contributed by atoms with van der Waals surface area (Å²) in [5.41, 5.74) is 2.85.